The molecular weight excluding hydrogens is 368 g/mol. The fourth-order valence-corrected chi connectivity index (χ4v) is 5.90. The van der Waals surface area contributed by atoms with Crippen LogP contribution in [0, 0.1) is 0 Å². The van der Waals surface area contributed by atoms with Crippen LogP contribution in [-0.2, 0) is 0 Å². The first-order chi connectivity index (χ1) is 13.3. The fraction of sp³-hybridized carbons (Fsp3) is 0.217. The zero-order valence-corrected chi connectivity index (χ0v) is 17.3. The molecule has 2 aromatic carbocycles. The van der Waals surface area contributed by atoms with Crippen molar-refractivity contribution in [3.8, 4) is 0 Å². The lowest BCUT2D eigenvalue weighted by Crippen LogP contribution is -2.27. The summed E-state index contributed by atoms with van der Waals surface area (Å²) in [5.74, 6) is 0. The normalized spacial score (nSPS) is 20.2. The molecule has 0 aliphatic carbocycles. The highest BCUT2D eigenvalue weighted by Gasteiger charge is 2.26. The predicted molar refractivity (Wildman–Crippen MR) is 121 cm³/mol. The van der Waals surface area contributed by atoms with Gasteiger partial charge in [0.2, 0.25) is 0 Å². The summed E-state index contributed by atoms with van der Waals surface area (Å²) in [6, 6.07) is 17.3. The Balaban J connectivity index is 1.42. The molecule has 2 aliphatic heterocycles. The minimum atomic E-state index is 0.377. The monoisotopic (exact) mass is 392 g/mol. The lowest BCUT2D eigenvalue weighted by Gasteiger charge is -2.22. The van der Waals surface area contributed by atoms with E-state index in [1.165, 1.54) is 26.2 Å². The number of rotatable bonds is 5. The molecule has 138 valence electrons. The van der Waals surface area contributed by atoms with Gasteiger partial charge in [-0.1, -0.05) is 72.1 Å². The number of thioether (sulfide) groups is 2. The summed E-state index contributed by atoms with van der Waals surface area (Å²) >= 11 is 3.77. The minimum Gasteiger partial charge on any atom is -0.355 e. The maximum Gasteiger partial charge on any atom is 0.0985 e. The quantitative estimate of drug-likeness (QED) is 0.533. The van der Waals surface area contributed by atoms with Crippen LogP contribution in [0.4, 0.5) is 11.4 Å². The van der Waals surface area contributed by atoms with E-state index in [1.807, 2.05) is 23.5 Å². The van der Waals surface area contributed by atoms with E-state index in [9.17, 15) is 0 Å². The number of hydrogen-bond donors (Lipinski definition) is 0. The maximum absolute atomic E-state index is 2.45. The largest absolute Gasteiger partial charge is 0.355 e. The van der Waals surface area contributed by atoms with E-state index < -0.39 is 0 Å². The summed E-state index contributed by atoms with van der Waals surface area (Å²) in [6.45, 7) is 6.43. The van der Waals surface area contributed by atoms with E-state index in [0.717, 1.165) is 13.1 Å². The van der Waals surface area contributed by atoms with Crippen molar-refractivity contribution in [1.29, 1.82) is 0 Å². The van der Waals surface area contributed by atoms with Gasteiger partial charge in [-0.3, -0.25) is 0 Å². The van der Waals surface area contributed by atoms with Crippen LogP contribution in [0.25, 0.3) is 0 Å². The second kappa shape index (κ2) is 8.32. The summed E-state index contributed by atoms with van der Waals surface area (Å²) < 4.78 is 0. The van der Waals surface area contributed by atoms with E-state index in [2.05, 4.69) is 103 Å². The van der Waals surface area contributed by atoms with Crippen molar-refractivity contribution < 1.29 is 0 Å². The van der Waals surface area contributed by atoms with Gasteiger partial charge in [-0.15, -0.1) is 0 Å². The molecule has 4 rings (SSSR count). The summed E-state index contributed by atoms with van der Waals surface area (Å²) in [5, 5.41) is 1.67. The van der Waals surface area contributed by atoms with Crippen molar-refractivity contribution in [3.63, 3.8) is 0 Å². The molecule has 2 nitrogen and oxygen atoms in total. The Morgan fingerprint density at radius 3 is 2.37 bits per heavy atom. The first-order valence-corrected chi connectivity index (χ1v) is 11.1. The van der Waals surface area contributed by atoms with Crippen LogP contribution in [-0.4, -0.2) is 18.5 Å². The highest BCUT2D eigenvalue weighted by molar-refractivity contribution is 8.03. The van der Waals surface area contributed by atoms with Gasteiger partial charge < -0.3 is 9.80 Å². The average molecular weight is 393 g/mol. The molecule has 0 amide bonds. The first-order valence-electron chi connectivity index (χ1n) is 9.43. The number of fused-ring (bicyclic) bond motifs is 2. The Morgan fingerprint density at radius 1 is 0.852 bits per heavy atom. The van der Waals surface area contributed by atoms with E-state index >= 15 is 0 Å². The van der Waals surface area contributed by atoms with Gasteiger partial charge >= 0.3 is 0 Å². The fourth-order valence-electron chi connectivity index (χ4n) is 3.48. The summed E-state index contributed by atoms with van der Waals surface area (Å²) in [5.41, 5.74) is 2.67. The summed E-state index contributed by atoms with van der Waals surface area (Å²) in [6.07, 6.45) is 11.0. The number of anilines is 2. The van der Waals surface area contributed by atoms with Crippen molar-refractivity contribution >= 4 is 34.9 Å². The Hall–Kier alpha value is -2.04. The third-order valence-corrected chi connectivity index (χ3v) is 7.14. The van der Waals surface area contributed by atoms with Crippen molar-refractivity contribution in [2.75, 3.05) is 22.9 Å². The molecule has 2 heterocycles. The Bertz CT molecular complexity index is 901. The molecule has 0 bridgehead atoms. The van der Waals surface area contributed by atoms with E-state index in [1.54, 1.807) is 0 Å². The third kappa shape index (κ3) is 3.69. The van der Waals surface area contributed by atoms with Crippen LogP contribution >= 0.6 is 23.5 Å². The number of hydrogen-bond acceptors (Lipinski definition) is 4. The maximum atomic E-state index is 2.45. The molecular formula is C23H24N2S2. The molecule has 0 radical (unpaired) electrons. The number of likely N-dealkylation sites (N-methyl/N-ethyl adjacent to an activating group) is 1. The molecule has 2 aromatic rings. The second-order valence-electron chi connectivity index (χ2n) is 6.35. The van der Waals surface area contributed by atoms with Crippen molar-refractivity contribution in [1.82, 2.24) is 0 Å². The van der Waals surface area contributed by atoms with Gasteiger partial charge in [-0.05, 0) is 44.2 Å². The Kier molecular flexibility index (Phi) is 5.65. The SMILES string of the molecule is CCN1\C(=C/C=C/C=C/C2Sc3ccccc3N2CC)Sc2ccccc21. The Labute approximate surface area is 170 Å². The summed E-state index contributed by atoms with van der Waals surface area (Å²) in [7, 11) is 0. The standard InChI is InChI=1S/C23H24N2S2/c1-3-24-18-12-8-10-14-20(18)26-22(24)16-6-5-7-17-23-25(4-2)19-13-9-11-15-21(19)27-23/h5-17,22H,3-4H2,1-2H3/b7-5+,16-6+,23-17+. The molecule has 0 saturated carbocycles. The molecule has 1 atom stereocenters. The summed E-state index contributed by atoms with van der Waals surface area (Å²) in [4.78, 5) is 7.54. The zero-order chi connectivity index (χ0) is 18.6. The van der Waals surface area contributed by atoms with Gasteiger partial charge in [0.05, 0.1) is 21.8 Å². The molecule has 0 spiro atoms. The van der Waals surface area contributed by atoms with E-state index in [4.69, 9.17) is 0 Å². The van der Waals surface area contributed by atoms with Crippen LogP contribution < -0.4 is 9.80 Å². The molecule has 4 heteroatoms. The zero-order valence-electron chi connectivity index (χ0n) is 15.7. The molecule has 0 saturated heterocycles. The van der Waals surface area contributed by atoms with Gasteiger partial charge in [-0.25, -0.2) is 0 Å². The highest BCUT2D eigenvalue weighted by Crippen LogP contribution is 2.45. The Morgan fingerprint density at radius 2 is 1.59 bits per heavy atom. The number of para-hydroxylation sites is 2. The van der Waals surface area contributed by atoms with E-state index in [-0.39, 0.29) is 0 Å². The van der Waals surface area contributed by atoms with Gasteiger partial charge in [0, 0.05) is 22.9 Å². The number of benzene rings is 2. The smallest absolute Gasteiger partial charge is 0.0985 e. The van der Waals surface area contributed by atoms with Crippen molar-refractivity contribution in [2.45, 2.75) is 29.0 Å². The first kappa shape index (κ1) is 18.3. The van der Waals surface area contributed by atoms with E-state index in [0.29, 0.717) is 5.37 Å². The lowest BCUT2D eigenvalue weighted by molar-refractivity contribution is 0.878. The molecule has 0 aromatic heterocycles. The predicted octanol–water partition coefficient (Wildman–Crippen LogP) is 6.53. The van der Waals surface area contributed by atoms with Crippen LogP contribution in [0.3, 0.4) is 0 Å². The van der Waals surface area contributed by atoms with Crippen molar-refractivity contribution in [3.05, 3.63) is 83.9 Å². The van der Waals surface area contributed by atoms with Gasteiger partial charge in [0.1, 0.15) is 0 Å². The third-order valence-electron chi connectivity index (χ3n) is 4.76. The number of allylic oxidation sites excluding steroid dienone is 4. The van der Waals surface area contributed by atoms with Crippen LogP contribution in [0.15, 0.2) is 93.7 Å². The average Bonchev–Trinajstić information content (AvgIpc) is 3.24. The molecule has 2 aliphatic rings. The topological polar surface area (TPSA) is 6.48 Å². The van der Waals surface area contributed by atoms with Crippen LogP contribution in [0.5, 0.6) is 0 Å². The van der Waals surface area contributed by atoms with Crippen molar-refractivity contribution in [2.24, 2.45) is 0 Å². The molecule has 27 heavy (non-hydrogen) atoms. The van der Waals surface area contributed by atoms with Gasteiger partial charge in [-0.2, -0.15) is 0 Å². The highest BCUT2D eigenvalue weighted by atomic mass is 32.2. The second-order valence-corrected chi connectivity index (χ2v) is 8.57. The van der Waals surface area contributed by atoms with Crippen LogP contribution in [0.2, 0.25) is 0 Å². The molecule has 0 fully saturated rings. The minimum absolute atomic E-state index is 0.377. The lowest BCUT2D eigenvalue weighted by atomic mass is 10.3. The molecule has 0 N–H and O–H groups in total. The van der Waals surface area contributed by atoms with Gasteiger partial charge in [0.15, 0.2) is 0 Å². The van der Waals surface area contributed by atoms with Gasteiger partial charge in [0.25, 0.3) is 0 Å². The van der Waals surface area contributed by atoms with Crippen LogP contribution in [0.1, 0.15) is 13.8 Å². The number of nitrogens with zero attached hydrogens (tertiary/aromatic N) is 2. The molecule has 1 unspecified atom stereocenters.